The summed E-state index contributed by atoms with van der Waals surface area (Å²) in [4.78, 5) is 1.31. The third-order valence-electron chi connectivity index (χ3n) is 3.64. The normalized spacial score (nSPS) is 11.0. The summed E-state index contributed by atoms with van der Waals surface area (Å²) in [7, 11) is 0. The molecular formula is C18H12FN3O. The fraction of sp³-hybridized carbons (Fsp3) is 0. The van der Waals surface area contributed by atoms with Gasteiger partial charge in [-0.25, -0.2) is 4.39 Å². The third-order valence-corrected chi connectivity index (χ3v) is 3.64. The number of fused-ring (bicyclic) bond motifs is 1. The largest absolute Gasteiger partial charge is 0.506 e. The molecule has 1 aromatic heterocycles. The molecule has 1 heterocycles. The molecule has 0 bridgehead atoms. The highest BCUT2D eigenvalue weighted by Gasteiger charge is 2.10. The van der Waals surface area contributed by atoms with E-state index in [2.05, 4.69) is 10.2 Å². The number of aromatic nitrogens is 3. The quantitative estimate of drug-likeness (QED) is 0.610. The lowest BCUT2D eigenvalue weighted by atomic mass is 10.1. The first-order chi connectivity index (χ1) is 11.2. The van der Waals surface area contributed by atoms with Crippen molar-refractivity contribution in [1.82, 2.24) is 15.0 Å². The first-order valence-corrected chi connectivity index (χ1v) is 7.12. The highest BCUT2D eigenvalue weighted by molar-refractivity contribution is 5.74. The molecule has 0 spiro atoms. The second-order valence-electron chi connectivity index (χ2n) is 5.19. The first-order valence-electron chi connectivity index (χ1n) is 7.12. The number of nitrogens with zero attached hydrogens (tertiary/aromatic N) is 3. The summed E-state index contributed by atoms with van der Waals surface area (Å²) in [5.41, 5.74) is 3.36. The molecule has 23 heavy (non-hydrogen) atoms. The Balaban J connectivity index is 1.79. The highest BCUT2D eigenvalue weighted by Crippen LogP contribution is 2.28. The monoisotopic (exact) mass is 305 g/mol. The molecule has 0 saturated heterocycles. The zero-order valence-electron chi connectivity index (χ0n) is 12.0. The van der Waals surface area contributed by atoms with Gasteiger partial charge in [-0.05, 0) is 35.4 Å². The fourth-order valence-electron chi connectivity index (χ4n) is 2.50. The lowest BCUT2D eigenvalue weighted by Crippen LogP contribution is -1.99. The van der Waals surface area contributed by atoms with Crippen LogP contribution in [-0.2, 0) is 0 Å². The molecule has 3 aromatic carbocycles. The van der Waals surface area contributed by atoms with Gasteiger partial charge in [0, 0.05) is 6.07 Å². The van der Waals surface area contributed by atoms with E-state index in [4.69, 9.17) is 0 Å². The van der Waals surface area contributed by atoms with Crippen molar-refractivity contribution in [3.63, 3.8) is 0 Å². The molecule has 4 nitrogen and oxygen atoms in total. The summed E-state index contributed by atoms with van der Waals surface area (Å²) >= 11 is 0. The number of hydrogen-bond donors (Lipinski definition) is 1. The predicted molar refractivity (Wildman–Crippen MR) is 85.9 cm³/mol. The van der Waals surface area contributed by atoms with Gasteiger partial charge in [-0.15, -0.1) is 15.0 Å². The van der Waals surface area contributed by atoms with Crippen molar-refractivity contribution in [3.8, 4) is 22.6 Å². The lowest BCUT2D eigenvalue weighted by Gasteiger charge is -2.06. The van der Waals surface area contributed by atoms with Gasteiger partial charge in [0.25, 0.3) is 0 Å². The average molecular weight is 305 g/mol. The van der Waals surface area contributed by atoms with Crippen LogP contribution < -0.4 is 0 Å². The van der Waals surface area contributed by atoms with Crippen molar-refractivity contribution in [2.45, 2.75) is 0 Å². The Morgan fingerprint density at radius 1 is 0.783 bits per heavy atom. The molecule has 0 aliphatic rings. The molecule has 4 rings (SSSR count). The maximum Gasteiger partial charge on any atom is 0.143 e. The van der Waals surface area contributed by atoms with Crippen molar-refractivity contribution in [1.29, 1.82) is 0 Å². The predicted octanol–water partition coefficient (Wildman–Crippen LogP) is 3.93. The molecule has 1 N–H and O–H groups in total. The van der Waals surface area contributed by atoms with Crippen LogP contribution in [0.2, 0.25) is 0 Å². The van der Waals surface area contributed by atoms with Gasteiger partial charge in [0.15, 0.2) is 0 Å². The zero-order chi connectivity index (χ0) is 15.8. The molecular weight excluding hydrogens is 293 g/mol. The average Bonchev–Trinajstić information content (AvgIpc) is 2.98. The minimum Gasteiger partial charge on any atom is -0.506 e. The van der Waals surface area contributed by atoms with Crippen LogP contribution in [0.15, 0.2) is 66.7 Å². The Morgan fingerprint density at radius 3 is 2.35 bits per heavy atom. The minimum atomic E-state index is -0.367. The molecule has 0 aliphatic heterocycles. The highest BCUT2D eigenvalue weighted by atomic mass is 19.1. The van der Waals surface area contributed by atoms with Gasteiger partial charge in [0.05, 0.1) is 0 Å². The van der Waals surface area contributed by atoms with Crippen molar-refractivity contribution >= 4 is 11.0 Å². The molecule has 0 fully saturated rings. The SMILES string of the molecule is Oc1cc(-c2ccccc2)ccc1-n1nc2ccc(F)cc2n1. The van der Waals surface area contributed by atoms with E-state index in [1.165, 1.54) is 16.9 Å². The van der Waals surface area contributed by atoms with E-state index in [9.17, 15) is 9.50 Å². The number of benzene rings is 3. The summed E-state index contributed by atoms with van der Waals surface area (Å²) in [6.07, 6.45) is 0. The van der Waals surface area contributed by atoms with Gasteiger partial charge in [0.1, 0.15) is 28.3 Å². The Morgan fingerprint density at radius 2 is 1.57 bits per heavy atom. The number of phenols is 1. The summed E-state index contributed by atoms with van der Waals surface area (Å²) in [5, 5.41) is 18.8. The molecule has 5 heteroatoms. The van der Waals surface area contributed by atoms with Crippen LogP contribution >= 0.6 is 0 Å². The van der Waals surface area contributed by atoms with Gasteiger partial charge in [-0.2, -0.15) is 0 Å². The van der Waals surface area contributed by atoms with E-state index in [1.807, 2.05) is 36.4 Å². The van der Waals surface area contributed by atoms with Gasteiger partial charge in [0.2, 0.25) is 0 Å². The molecule has 0 aliphatic carbocycles. The summed E-state index contributed by atoms with van der Waals surface area (Å²) in [6.45, 7) is 0. The Kier molecular flexibility index (Phi) is 3.05. The van der Waals surface area contributed by atoms with Gasteiger partial charge < -0.3 is 5.11 Å². The van der Waals surface area contributed by atoms with Crippen LogP contribution in [0, 0.1) is 5.82 Å². The number of halogens is 1. The summed E-state index contributed by atoms with van der Waals surface area (Å²) in [5.74, 6) is -0.305. The molecule has 112 valence electrons. The Labute approximate surface area is 131 Å². The van der Waals surface area contributed by atoms with Crippen molar-refractivity contribution in [2.75, 3.05) is 0 Å². The van der Waals surface area contributed by atoms with Crippen LogP contribution in [0.3, 0.4) is 0 Å². The molecule has 0 radical (unpaired) electrons. The Bertz CT molecular complexity index is 996. The molecule has 4 aromatic rings. The smallest absolute Gasteiger partial charge is 0.143 e. The topological polar surface area (TPSA) is 50.9 Å². The van der Waals surface area contributed by atoms with Crippen LogP contribution in [0.4, 0.5) is 4.39 Å². The lowest BCUT2D eigenvalue weighted by molar-refractivity contribution is 0.468. The maximum absolute atomic E-state index is 13.2. The van der Waals surface area contributed by atoms with E-state index in [0.717, 1.165) is 11.1 Å². The van der Waals surface area contributed by atoms with Gasteiger partial charge in [-0.3, -0.25) is 0 Å². The molecule has 0 atom stereocenters. The molecule has 0 saturated carbocycles. The first kappa shape index (κ1) is 13.5. The molecule has 0 amide bonds. The number of phenolic OH excluding ortho intramolecular Hbond substituents is 1. The van der Waals surface area contributed by atoms with Crippen molar-refractivity contribution < 1.29 is 9.50 Å². The van der Waals surface area contributed by atoms with Crippen molar-refractivity contribution in [3.05, 3.63) is 72.5 Å². The van der Waals surface area contributed by atoms with E-state index < -0.39 is 0 Å². The van der Waals surface area contributed by atoms with Crippen molar-refractivity contribution in [2.24, 2.45) is 0 Å². The van der Waals surface area contributed by atoms with Crippen LogP contribution in [0.5, 0.6) is 5.75 Å². The minimum absolute atomic E-state index is 0.0622. The van der Waals surface area contributed by atoms with E-state index in [-0.39, 0.29) is 11.6 Å². The number of hydrogen-bond acceptors (Lipinski definition) is 3. The van der Waals surface area contributed by atoms with Gasteiger partial charge >= 0.3 is 0 Å². The summed E-state index contributed by atoms with van der Waals surface area (Å²) in [6, 6.07) is 19.3. The summed E-state index contributed by atoms with van der Waals surface area (Å²) < 4.78 is 13.2. The van der Waals surface area contributed by atoms with E-state index >= 15 is 0 Å². The fourth-order valence-corrected chi connectivity index (χ4v) is 2.50. The van der Waals surface area contributed by atoms with E-state index in [1.54, 1.807) is 18.2 Å². The van der Waals surface area contributed by atoms with Crippen LogP contribution in [-0.4, -0.2) is 20.1 Å². The van der Waals surface area contributed by atoms with E-state index in [0.29, 0.717) is 16.7 Å². The standard InChI is InChI=1S/C18H12FN3O/c19-14-7-8-15-16(11-14)21-22(20-15)17-9-6-13(10-18(17)23)12-4-2-1-3-5-12/h1-11,23H. The van der Waals surface area contributed by atoms with Gasteiger partial charge in [-0.1, -0.05) is 36.4 Å². The van der Waals surface area contributed by atoms with Crippen LogP contribution in [0.25, 0.3) is 27.8 Å². The third kappa shape index (κ3) is 2.42. The second-order valence-corrected chi connectivity index (χ2v) is 5.19. The zero-order valence-corrected chi connectivity index (χ0v) is 12.0. The number of aromatic hydroxyl groups is 1. The number of rotatable bonds is 2. The maximum atomic E-state index is 13.2. The second kappa shape index (κ2) is 5.21. The molecule has 0 unspecified atom stereocenters. The Hall–Kier alpha value is -3.21. The van der Waals surface area contributed by atoms with Crippen LogP contribution in [0.1, 0.15) is 0 Å².